The molecule has 2 heterocycles. The number of rotatable bonds is 5. The van der Waals surface area contributed by atoms with Gasteiger partial charge < -0.3 is 9.15 Å². The molecule has 0 unspecified atom stereocenters. The lowest BCUT2D eigenvalue weighted by Gasteiger charge is -2.03. The van der Waals surface area contributed by atoms with Gasteiger partial charge in [-0.15, -0.1) is 11.3 Å². The lowest BCUT2D eigenvalue weighted by molar-refractivity contribution is 0.414. The highest BCUT2D eigenvalue weighted by Gasteiger charge is 2.14. The average Bonchev–Trinajstić information content (AvgIpc) is 3.12. The van der Waals surface area contributed by atoms with E-state index >= 15 is 0 Å². The van der Waals surface area contributed by atoms with Crippen LogP contribution in [0.1, 0.15) is 11.5 Å². The minimum absolute atomic E-state index is 0.320. The summed E-state index contributed by atoms with van der Waals surface area (Å²) < 4.78 is 10.7. The fourth-order valence-corrected chi connectivity index (χ4v) is 3.85. The molecule has 0 aliphatic carbocycles. The zero-order valence-corrected chi connectivity index (χ0v) is 15.1. The fraction of sp³-hybridized carbons (Fsp3) is 0.143. The van der Waals surface area contributed by atoms with Gasteiger partial charge in [0.1, 0.15) is 16.0 Å². The number of ether oxygens (including phenoxy) is 1. The third kappa shape index (κ3) is 3.26. The van der Waals surface area contributed by atoms with Crippen LogP contribution in [0.4, 0.5) is 0 Å². The Labute approximate surface area is 154 Å². The highest BCUT2D eigenvalue weighted by Crippen LogP contribution is 2.30. The number of methoxy groups -OCH3 is 1. The van der Waals surface area contributed by atoms with Crippen LogP contribution in [0.25, 0.3) is 21.3 Å². The Morgan fingerprint density at radius 2 is 1.81 bits per heavy atom. The van der Waals surface area contributed by atoms with E-state index in [9.17, 15) is 4.79 Å². The van der Waals surface area contributed by atoms with Crippen molar-refractivity contribution >= 4 is 21.6 Å². The van der Waals surface area contributed by atoms with Crippen LogP contribution in [0.5, 0.6) is 5.75 Å². The Kier molecular flexibility index (Phi) is 4.54. The van der Waals surface area contributed by atoms with Crippen molar-refractivity contribution in [2.24, 2.45) is 0 Å². The minimum Gasteiger partial charge on any atom is -0.497 e. The Morgan fingerprint density at radius 3 is 2.54 bits per heavy atom. The largest absolute Gasteiger partial charge is 0.497 e. The molecule has 0 radical (unpaired) electrons. The molecular weight excluding hydrogens is 346 g/mol. The van der Waals surface area contributed by atoms with Crippen molar-refractivity contribution in [3.63, 3.8) is 0 Å². The van der Waals surface area contributed by atoms with Crippen molar-refractivity contribution in [2.45, 2.75) is 12.8 Å². The lowest BCUT2D eigenvalue weighted by Crippen LogP contribution is -2.05. The predicted octanol–water partition coefficient (Wildman–Crippen LogP) is 4.71. The number of hydrogen-bond acceptors (Lipinski definition) is 5. The molecule has 26 heavy (non-hydrogen) atoms. The van der Waals surface area contributed by atoms with Crippen LogP contribution < -0.4 is 10.4 Å². The molecule has 2 aromatic heterocycles. The maximum Gasteiger partial charge on any atom is 0.348 e. The van der Waals surface area contributed by atoms with E-state index in [-0.39, 0.29) is 5.63 Å². The highest BCUT2D eigenvalue weighted by atomic mass is 32.1. The molecule has 0 saturated heterocycles. The summed E-state index contributed by atoms with van der Waals surface area (Å²) in [5.41, 5.74) is 2.71. The first-order valence-electron chi connectivity index (χ1n) is 8.34. The predicted molar refractivity (Wildman–Crippen MR) is 104 cm³/mol. The van der Waals surface area contributed by atoms with Gasteiger partial charge in [-0.2, -0.15) is 0 Å². The number of thiophene rings is 1. The van der Waals surface area contributed by atoms with E-state index in [0.717, 1.165) is 33.7 Å². The molecule has 5 heteroatoms. The molecule has 4 aromatic rings. The molecule has 4 nitrogen and oxygen atoms in total. The Morgan fingerprint density at radius 1 is 1.04 bits per heavy atom. The summed E-state index contributed by atoms with van der Waals surface area (Å²) in [6.07, 6.45) is 1.33. The molecule has 0 atom stereocenters. The molecular formula is C21H17NO3S. The molecule has 0 aliphatic heterocycles. The van der Waals surface area contributed by atoms with E-state index in [0.29, 0.717) is 17.7 Å². The van der Waals surface area contributed by atoms with Crippen LogP contribution in [0.3, 0.4) is 0 Å². The summed E-state index contributed by atoms with van der Waals surface area (Å²) in [6, 6.07) is 17.7. The zero-order chi connectivity index (χ0) is 17.9. The third-order valence-corrected chi connectivity index (χ3v) is 5.16. The minimum atomic E-state index is -0.320. The molecule has 130 valence electrons. The van der Waals surface area contributed by atoms with E-state index in [4.69, 9.17) is 9.15 Å². The maximum absolute atomic E-state index is 12.5. The van der Waals surface area contributed by atoms with Gasteiger partial charge in [-0.1, -0.05) is 42.5 Å². The van der Waals surface area contributed by atoms with Gasteiger partial charge in [0, 0.05) is 17.4 Å². The molecule has 0 spiro atoms. The quantitative estimate of drug-likeness (QED) is 0.515. The molecule has 0 fully saturated rings. The molecule has 4 rings (SSSR count). The highest BCUT2D eigenvalue weighted by molar-refractivity contribution is 7.17. The van der Waals surface area contributed by atoms with Crippen molar-refractivity contribution in [1.82, 2.24) is 4.98 Å². The van der Waals surface area contributed by atoms with Crippen LogP contribution in [-0.4, -0.2) is 12.1 Å². The van der Waals surface area contributed by atoms with Gasteiger partial charge >= 0.3 is 5.63 Å². The standard InChI is InChI=1S/C21H17NO3S/c1-24-16-10-7-14(8-11-16)9-12-18-22-20-19(21(23)25-18)17(13-26-20)15-5-3-2-4-6-15/h2-8,10-11,13H,9,12H2,1H3. The van der Waals surface area contributed by atoms with Gasteiger partial charge in [-0.05, 0) is 29.7 Å². The Balaban J connectivity index is 1.60. The van der Waals surface area contributed by atoms with Gasteiger partial charge in [0.05, 0.1) is 7.11 Å². The molecule has 0 N–H and O–H groups in total. The van der Waals surface area contributed by atoms with Gasteiger partial charge in [-0.3, -0.25) is 0 Å². The average molecular weight is 363 g/mol. The Hall–Kier alpha value is -2.92. The summed E-state index contributed by atoms with van der Waals surface area (Å²) in [7, 11) is 1.65. The van der Waals surface area contributed by atoms with Crippen molar-refractivity contribution in [3.05, 3.63) is 81.9 Å². The van der Waals surface area contributed by atoms with Crippen LogP contribution in [0.15, 0.2) is 69.2 Å². The lowest BCUT2D eigenvalue weighted by atomic mass is 10.1. The van der Waals surface area contributed by atoms with E-state index in [2.05, 4.69) is 4.98 Å². The second-order valence-electron chi connectivity index (χ2n) is 5.94. The Bertz CT molecular complexity index is 1080. The first-order valence-corrected chi connectivity index (χ1v) is 9.22. The van der Waals surface area contributed by atoms with E-state index in [1.807, 2.05) is 60.0 Å². The van der Waals surface area contributed by atoms with Crippen LogP contribution >= 0.6 is 11.3 Å². The van der Waals surface area contributed by atoms with Crippen LogP contribution in [-0.2, 0) is 12.8 Å². The van der Waals surface area contributed by atoms with Crippen molar-refractivity contribution in [3.8, 4) is 16.9 Å². The summed E-state index contributed by atoms with van der Waals surface area (Å²) in [6.45, 7) is 0. The number of nitrogens with zero attached hydrogens (tertiary/aromatic N) is 1. The number of aryl methyl sites for hydroxylation is 2. The fourth-order valence-electron chi connectivity index (χ4n) is 2.90. The normalized spacial score (nSPS) is 11.0. The van der Waals surface area contributed by atoms with Crippen molar-refractivity contribution < 1.29 is 9.15 Å². The monoisotopic (exact) mass is 363 g/mol. The maximum atomic E-state index is 12.5. The van der Waals surface area contributed by atoms with Gasteiger partial charge in [0.25, 0.3) is 0 Å². The van der Waals surface area contributed by atoms with Crippen LogP contribution in [0.2, 0.25) is 0 Å². The summed E-state index contributed by atoms with van der Waals surface area (Å²) in [5.74, 6) is 1.30. The number of fused-ring (bicyclic) bond motifs is 1. The second kappa shape index (κ2) is 7.14. The summed E-state index contributed by atoms with van der Waals surface area (Å²) in [5, 5.41) is 2.53. The molecule has 0 aliphatic rings. The molecule has 0 bridgehead atoms. The topological polar surface area (TPSA) is 52.3 Å². The number of benzene rings is 2. The molecule has 0 amide bonds. The molecule has 0 saturated carbocycles. The van der Waals surface area contributed by atoms with Gasteiger partial charge in [-0.25, -0.2) is 9.78 Å². The zero-order valence-electron chi connectivity index (χ0n) is 14.3. The van der Waals surface area contributed by atoms with E-state index in [1.54, 1.807) is 7.11 Å². The van der Waals surface area contributed by atoms with Crippen molar-refractivity contribution in [1.29, 1.82) is 0 Å². The smallest absolute Gasteiger partial charge is 0.348 e. The number of aromatic nitrogens is 1. The van der Waals surface area contributed by atoms with Gasteiger partial charge in [0.2, 0.25) is 0 Å². The SMILES string of the molecule is COc1ccc(CCc2nc3scc(-c4ccccc4)c3c(=O)o2)cc1. The first kappa shape index (κ1) is 16.5. The van der Waals surface area contributed by atoms with E-state index in [1.165, 1.54) is 11.3 Å². The number of hydrogen-bond donors (Lipinski definition) is 0. The first-order chi connectivity index (χ1) is 12.7. The van der Waals surface area contributed by atoms with E-state index < -0.39 is 0 Å². The van der Waals surface area contributed by atoms with Gasteiger partial charge in [0.15, 0.2) is 5.89 Å². The summed E-state index contributed by atoms with van der Waals surface area (Å²) in [4.78, 5) is 17.8. The van der Waals surface area contributed by atoms with Crippen molar-refractivity contribution in [2.75, 3.05) is 7.11 Å². The summed E-state index contributed by atoms with van der Waals surface area (Å²) >= 11 is 1.48. The van der Waals surface area contributed by atoms with Crippen LogP contribution in [0, 0.1) is 0 Å². The second-order valence-corrected chi connectivity index (χ2v) is 6.80. The third-order valence-electron chi connectivity index (χ3n) is 4.28. The molecule has 2 aromatic carbocycles.